The number of nitrogens with one attached hydrogen (secondary N) is 1. The van der Waals surface area contributed by atoms with E-state index in [9.17, 15) is 26.4 Å². The highest BCUT2D eigenvalue weighted by atomic mass is 32.2. The van der Waals surface area contributed by atoms with Gasteiger partial charge in [-0.1, -0.05) is 12.2 Å². The van der Waals surface area contributed by atoms with Crippen molar-refractivity contribution in [2.45, 2.75) is 6.42 Å². The molecule has 0 unspecified atom stereocenters. The van der Waals surface area contributed by atoms with Crippen LogP contribution in [0.2, 0.25) is 0 Å². The minimum Gasteiger partial charge on any atom is -0.478 e. The van der Waals surface area contributed by atoms with Crippen LogP contribution in [0.4, 0.5) is 18.9 Å². The normalized spacial score (nSPS) is 15.8. The van der Waals surface area contributed by atoms with Crippen molar-refractivity contribution in [3.63, 3.8) is 0 Å². The topological polar surface area (TPSA) is 86.7 Å². The summed E-state index contributed by atoms with van der Waals surface area (Å²) in [5.74, 6) is -7.61. The smallest absolute Gasteiger partial charge is 0.338 e. The zero-order valence-corrected chi connectivity index (χ0v) is 11.8. The highest BCUT2D eigenvalue weighted by Crippen LogP contribution is 2.25. The quantitative estimate of drug-likeness (QED) is 0.647. The Kier molecular flexibility index (Phi) is 4.42. The van der Waals surface area contributed by atoms with Crippen LogP contribution in [0.1, 0.15) is 16.8 Å². The molecule has 2 N–H and O–H groups in total. The number of benzene rings is 1. The second kappa shape index (κ2) is 5.97. The van der Waals surface area contributed by atoms with E-state index in [1.807, 2.05) is 0 Å². The second-order valence-electron chi connectivity index (χ2n) is 4.44. The molecule has 0 amide bonds. The Morgan fingerprint density at radius 1 is 1.18 bits per heavy atom. The first-order chi connectivity index (χ1) is 10.2. The van der Waals surface area contributed by atoms with E-state index < -0.39 is 44.9 Å². The van der Waals surface area contributed by atoms with Gasteiger partial charge in [-0.2, -0.15) is 12.7 Å². The van der Waals surface area contributed by atoms with Crippen LogP contribution in [-0.4, -0.2) is 36.9 Å². The van der Waals surface area contributed by atoms with Crippen LogP contribution in [0.25, 0.3) is 0 Å². The standard InChI is InChI=1S/C12H11F3N2O4S/c13-9-7(12(18)19)6-8(10(14)11(9)15)16-22(20,21)17-4-2-1-3-5-17/h1-2,6,16H,3-5H2,(H,18,19). The molecule has 0 bridgehead atoms. The monoisotopic (exact) mass is 336 g/mol. The molecule has 1 aliphatic heterocycles. The molecule has 0 radical (unpaired) electrons. The Morgan fingerprint density at radius 3 is 2.41 bits per heavy atom. The van der Waals surface area contributed by atoms with Gasteiger partial charge in [-0.25, -0.2) is 18.0 Å². The van der Waals surface area contributed by atoms with Gasteiger partial charge in [0.05, 0.1) is 5.69 Å². The molecule has 2 rings (SSSR count). The number of halogens is 3. The van der Waals surface area contributed by atoms with Crippen LogP contribution < -0.4 is 4.72 Å². The summed E-state index contributed by atoms with van der Waals surface area (Å²) in [5.41, 5.74) is -2.14. The maximum atomic E-state index is 13.6. The minimum absolute atomic E-state index is 0.0341. The molecule has 0 fully saturated rings. The Bertz CT molecular complexity index is 749. The first-order valence-corrected chi connectivity index (χ1v) is 7.51. The lowest BCUT2D eigenvalue weighted by Crippen LogP contribution is -2.38. The van der Waals surface area contributed by atoms with Crippen LogP contribution in [0.15, 0.2) is 18.2 Å². The van der Waals surface area contributed by atoms with Gasteiger partial charge in [0.25, 0.3) is 0 Å². The van der Waals surface area contributed by atoms with E-state index in [1.165, 1.54) is 0 Å². The number of aromatic carboxylic acids is 1. The number of carbonyl (C=O) groups is 1. The van der Waals surface area contributed by atoms with Crippen LogP contribution >= 0.6 is 0 Å². The third-order valence-corrected chi connectivity index (χ3v) is 4.47. The minimum atomic E-state index is -4.22. The van der Waals surface area contributed by atoms with Crippen molar-refractivity contribution in [1.29, 1.82) is 0 Å². The highest BCUT2D eigenvalue weighted by Gasteiger charge is 2.27. The molecule has 1 heterocycles. The molecular formula is C12H11F3N2O4S. The van der Waals surface area contributed by atoms with Gasteiger partial charge >= 0.3 is 16.2 Å². The SMILES string of the molecule is O=C(O)c1cc(NS(=O)(=O)N2CC=CCC2)c(F)c(F)c1F. The van der Waals surface area contributed by atoms with E-state index in [4.69, 9.17) is 5.11 Å². The Balaban J connectivity index is 2.41. The number of carboxylic acid groups (broad SMARTS) is 1. The maximum Gasteiger partial charge on any atom is 0.338 e. The van der Waals surface area contributed by atoms with Gasteiger partial charge in [0.15, 0.2) is 17.5 Å². The van der Waals surface area contributed by atoms with Crippen molar-refractivity contribution in [3.05, 3.63) is 41.2 Å². The summed E-state index contributed by atoms with van der Waals surface area (Å²) >= 11 is 0. The lowest BCUT2D eigenvalue weighted by atomic mass is 10.1. The third kappa shape index (κ3) is 3.07. The number of hydrogen-bond donors (Lipinski definition) is 2. The molecule has 0 atom stereocenters. The summed E-state index contributed by atoms with van der Waals surface area (Å²) in [7, 11) is -4.22. The van der Waals surface area contributed by atoms with E-state index in [-0.39, 0.29) is 13.1 Å². The lowest BCUT2D eigenvalue weighted by molar-refractivity contribution is 0.0690. The first-order valence-electron chi connectivity index (χ1n) is 6.07. The fourth-order valence-corrected chi connectivity index (χ4v) is 3.06. The van der Waals surface area contributed by atoms with Gasteiger partial charge in [-0.05, 0) is 12.5 Å². The fraction of sp³-hybridized carbons (Fsp3) is 0.250. The number of carboxylic acids is 1. The molecule has 1 aromatic carbocycles. The molecule has 1 aromatic rings. The van der Waals surface area contributed by atoms with Crippen LogP contribution in [0, 0.1) is 17.5 Å². The molecule has 22 heavy (non-hydrogen) atoms. The highest BCUT2D eigenvalue weighted by molar-refractivity contribution is 7.90. The molecule has 1 aliphatic rings. The van der Waals surface area contributed by atoms with E-state index in [1.54, 1.807) is 16.9 Å². The number of hydrogen-bond acceptors (Lipinski definition) is 3. The van der Waals surface area contributed by atoms with Crippen LogP contribution in [0.3, 0.4) is 0 Å². The molecule has 0 aliphatic carbocycles. The fourth-order valence-electron chi connectivity index (χ4n) is 1.88. The van der Waals surface area contributed by atoms with Crippen LogP contribution in [-0.2, 0) is 10.2 Å². The molecule has 6 nitrogen and oxygen atoms in total. The van der Waals surface area contributed by atoms with Crippen molar-refractivity contribution < 1.29 is 31.5 Å². The summed E-state index contributed by atoms with van der Waals surface area (Å²) in [6, 6.07) is 0.396. The predicted octanol–water partition coefficient (Wildman–Crippen LogP) is 1.72. The van der Waals surface area contributed by atoms with Gasteiger partial charge in [0.1, 0.15) is 5.56 Å². The van der Waals surface area contributed by atoms with Gasteiger partial charge in [0.2, 0.25) is 0 Å². The van der Waals surface area contributed by atoms with Crippen molar-refractivity contribution in [2.24, 2.45) is 0 Å². The molecule has 0 saturated heterocycles. The summed E-state index contributed by atoms with van der Waals surface area (Å²) in [5, 5.41) is 8.73. The summed E-state index contributed by atoms with van der Waals surface area (Å²) in [6.07, 6.45) is 3.78. The Morgan fingerprint density at radius 2 is 1.86 bits per heavy atom. The van der Waals surface area contributed by atoms with E-state index in [2.05, 4.69) is 0 Å². The van der Waals surface area contributed by atoms with Gasteiger partial charge in [-0.3, -0.25) is 4.72 Å². The average Bonchev–Trinajstić information content (AvgIpc) is 2.48. The second-order valence-corrected chi connectivity index (χ2v) is 6.11. The Labute approximate surface area is 124 Å². The van der Waals surface area contributed by atoms with Crippen molar-refractivity contribution in [3.8, 4) is 0 Å². The Hall–Kier alpha value is -2.07. The summed E-state index contributed by atoms with van der Waals surface area (Å²) < 4.78 is 67.0. The molecule has 10 heteroatoms. The largest absolute Gasteiger partial charge is 0.478 e. The summed E-state index contributed by atoms with van der Waals surface area (Å²) in [6.45, 7) is 0.162. The lowest BCUT2D eigenvalue weighted by Gasteiger charge is -2.23. The average molecular weight is 336 g/mol. The number of anilines is 1. The van der Waals surface area contributed by atoms with Crippen LogP contribution in [0.5, 0.6) is 0 Å². The van der Waals surface area contributed by atoms with Crippen molar-refractivity contribution >= 4 is 21.9 Å². The molecule has 0 spiro atoms. The molecular weight excluding hydrogens is 325 g/mol. The molecule has 0 aromatic heterocycles. The zero-order valence-electron chi connectivity index (χ0n) is 11.0. The van der Waals surface area contributed by atoms with Crippen molar-refractivity contribution in [2.75, 3.05) is 17.8 Å². The third-order valence-electron chi connectivity index (χ3n) is 2.98. The molecule has 0 saturated carbocycles. The number of nitrogens with zero attached hydrogens (tertiary/aromatic N) is 1. The van der Waals surface area contributed by atoms with E-state index in [0.717, 1.165) is 4.31 Å². The van der Waals surface area contributed by atoms with Gasteiger partial charge in [-0.15, -0.1) is 0 Å². The van der Waals surface area contributed by atoms with E-state index >= 15 is 0 Å². The van der Waals surface area contributed by atoms with Crippen molar-refractivity contribution in [1.82, 2.24) is 4.31 Å². The van der Waals surface area contributed by atoms with Gasteiger partial charge < -0.3 is 5.11 Å². The maximum absolute atomic E-state index is 13.6. The first kappa shape index (κ1) is 16.3. The van der Waals surface area contributed by atoms with E-state index in [0.29, 0.717) is 12.5 Å². The summed E-state index contributed by atoms with van der Waals surface area (Å²) in [4.78, 5) is 10.8. The predicted molar refractivity (Wildman–Crippen MR) is 71.1 cm³/mol. The van der Waals surface area contributed by atoms with Gasteiger partial charge in [0, 0.05) is 13.1 Å². The zero-order chi connectivity index (χ0) is 16.5. The molecule has 120 valence electrons. The number of rotatable bonds is 4.